The molecule has 4 rings (SSSR count). The van der Waals surface area contributed by atoms with Gasteiger partial charge >= 0.3 is 0 Å². The Balaban J connectivity index is 1.54. The van der Waals surface area contributed by atoms with Crippen LogP contribution in [0.3, 0.4) is 0 Å². The van der Waals surface area contributed by atoms with Crippen LogP contribution < -0.4 is 10.3 Å². The minimum Gasteiger partial charge on any atom is -0.497 e. The highest BCUT2D eigenvalue weighted by atomic mass is 32.2. The van der Waals surface area contributed by atoms with Crippen LogP contribution in [-0.2, 0) is 30.7 Å². The number of amides is 1. The molecule has 0 unspecified atom stereocenters. The van der Waals surface area contributed by atoms with Gasteiger partial charge in [-0.25, -0.2) is 4.98 Å². The second kappa shape index (κ2) is 9.92. The molecule has 0 fully saturated rings. The van der Waals surface area contributed by atoms with Crippen LogP contribution in [0.5, 0.6) is 5.75 Å². The van der Waals surface area contributed by atoms with E-state index >= 15 is 0 Å². The summed E-state index contributed by atoms with van der Waals surface area (Å²) in [6, 6.07) is 7.68. The van der Waals surface area contributed by atoms with E-state index in [2.05, 4.69) is 6.58 Å². The van der Waals surface area contributed by atoms with Gasteiger partial charge in [-0.3, -0.25) is 14.2 Å². The van der Waals surface area contributed by atoms with Gasteiger partial charge in [0.05, 0.1) is 18.2 Å². The zero-order chi connectivity index (χ0) is 22.7. The molecule has 1 aliphatic rings. The molecule has 0 spiro atoms. The quantitative estimate of drug-likeness (QED) is 0.280. The van der Waals surface area contributed by atoms with Gasteiger partial charge in [0.25, 0.3) is 5.56 Å². The summed E-state index contributed by atoms with van der Waals surface area (Å²) in [4.78, 5) is 34.7. The van der Waals surface area contributed by atoms with E-state index in [0.29, 0.717) is 18.2 Å². The van der Waals surface area contributed by atoms with Crippen LogP contribution in [0.2, 0.25) is 0 Å². The Hall–Kier alpha value is -2.58. The molecule has 8 heteroatoms. The maximum absolute atomic E-state index is 13.3. The molecule has 1 amide bonds. The Labute approximate surface area is 195 Å². The highest BCUT2D eigenvalue weighted by Gasteiger charge is 2.22. The lowest BCUT2D eigenvalue weighted by Gasteiger charge is -2.18. The molecule has 168 valence electrons. The fourth-order valence-corrected chi connectivity index (χ4v) is 6.24. The molecule has 1 aromatic carbocycles. The number of thiophene rings is 1. The summed E-state index contributed by atoms with van der Waals surface area (Å²) < 4.78 is 6.91. The van der Waals surface area contributed by atoms with Gasteiger partial charge in [0.2, 0.25) is 5.91 Å². The Morgan fingerprint density at radius 1 is 1.38 bits per heavy atom. The molecular formula is C24H27N3O3S2. The zero-order valence-corrected chi connectivity index (χ0v) is 20.1. The number of ether oxygens (including phenoxy) is 1. The summed E-state index contributed by atoms with van der Waals surface area (Å²) in [6.07, 6.45) is 5.95. The predicted octanol–water partition coefficient (Wildman–Crippen LogP) is 4.28. The van der Waals surface area contributed by atoms with Crippen LogP contribution in [-0.4, -0.2) is 40.3 Å². The number of methoxy groups -OCH3 is 1. The Kier molecular flexibility index (Phi) is 7.01. The van der Waals surface area contributed by atoms with Crippen LogP contribution in [0.4, 0.5) is 0 Å². The monoisotopic (exact) mass is 469 g/mol. The molecule has 0 saturated carbocycles. The molecule has 0 aliphatic heterocycles. The van der Waals surface area contributed by atoms with Crippen molar-refractivity contribution >= 4 is 39.2 Å². The highest BCUT2D eigenvalue weighted by Crippen LogP contribution is 2.34. The molecule has 0 saturated heterocycles. The highest BCUT2D eigenvalue weighted by molar-refractivity contribution is 7.99. The number of nitrogens with zero attached hydrogens (tertiary/aromatic N) is 3. The molecule has 0 radical (unpaired) electrons. The number of rotatable bonds is 8. The average Bonchev–Trinajstić information content (AvgIpc) is 3.18. The normalized spacial score (nSPS) is 13.1. The minimum absolute atomic E-state index is 0.0195. The molecule has 2 aromatic heterocycles. The van der Waals surface area contributed by atoms with E-state index in [1.54, 1.807) is 41.0 Å². The fraction of sp³-hybridized carbons (Fsp3) is 0.375. The van der Waals surface area contributed by atoms with Gasteiger partial charge in [-0.05, 0) is 48.9 Å². The van der Waals surface area contributed by atoms with Gasteiger partial charge in [-0.15, -0.1) is 17.9 Å². The number of aryl methyl sites for hydroxylation is 2. The predicted molar refractivity (Wildman–Crippen MR) is 131 cm³/mol. The number of benzene rings is 1. The topological polar surface area (TPSA) is 64.4 Å². The maximum Gasteiger partial charge on any atom is 0.263 e. The van der Waals surface area contributed by atoms with E-state index in [1.165, 1.54) is 22.2 Å². The third-order valence-electron chi connectivity index (χ3n) is 5.66. The Morgan fingerprint density at radius 3 is 2.97 bits per heavy atom. The molecule has 2 heterocycles. The first kappa shape index (κ1) is 22.6. The van der Waals surface area contributed by atoms with Gasteiger partial charge in [0.1, 0.15) is 10.6 Å². The van der Waals surface area contributed by atoms with E-state index in [0.717, 1.165) is 47.2 Å². The summed E-state index contributed by atoms with van der Waals surface area (Å²) in [5.74, 6) is 0.950. The van der Waals surface area contributed by atoms with Gasteiger partial charge in [-0.1, -0.05) is 30.0 Å². The maximum atomic E-state index is 13.3. The minimum atomic E-state index is -0.0252. The first-order chi connectivity index (χ1) is 15.5. The van der Waals surface area contributed by atoms with Crippen LogP contribution in [0.25, 0.3) is 10.2 Å². The van der Waals surface area contributed by atoms with E-state index in [1.807, 2.05) is 24.3 Å². The van der Waals surface area contributed by atoms with Crippen molar-refractivity contribution in [2.75, 3.05) is 19.9 Å². The number of hydrogen-bond acceptors (Lipinski definition) is 6. The number of allylic oxidation sites excluding steroid dienone is 1. The van der Waals surface area contributed by atoms with Crippen molar-refractivity contribution in [3.63, 3.8) is 0 Å². The third-order valence-corrected chi connectivity index (χ3v) is 7.80. The standard InChI is InChI=1S/C24H27N3O3S2/c1-4-12-27-23(29)21-18-10-5-6-11-19(18)32-22(21)25-24(27)31-15-20(28)26(2)14-16-8-7-9-17(13-16)30-3/h4,7-9,13H,1,5-6,10-12,14-15H2,2-3H3. The second-order valence-electron chi connectivity index (χ2n) is 7.88. The van der Waals surface area contributed by atoms with Crippen molar-refractivity contribution in [2.45, 2.75) is 43.9 Å². The number of fused-ring (bicyclic) bond motifs is 3. The number of hydrogen-bond donors (Lipinski definition) is 0. The van der Waals surface area contributed by atoms with Gasteiger partial charge < -0.3 is 9.64 Å². The molecule has 6 nitrogen and oxygen atoms in total. The van der Waals surface area contributed by atoms with E-state index in [-0.39, 0.29) is 17.2 Å². The summed E-state index contributed by atoms with van der Waals surface area (Å²) in [6.45, 7) is 4.66. The van der Waals surface area contributed by atoms with Gasteiger partial charge in [0, 0.05) is 25.0 Å². The van der Waals surface area contributed by atoms with Gasteiger partial charge in [0.15, 0.2) is 5.16 Å². The van der Waals surface area contributed by atoms with Crippen LogP contribution in [0, 0.1) is 0 Å². The largest absolute Gasteiger partial charge is 0.497 e. The lowest BCUT2D eigenvalue weighted by atomic mass is 9.97. The fourth-order valence-electron chi connectivity index (χ4n) is 3.99. The Bertz CT molecular complexity index is 1220. The summed E-state index contributed by atoms with van der Waals surface area (Å²) in [5, 5.41) is 1.33. The smallest absolute Gasteiger partial charge is 0.263 e. The van der Waals surface area contributed by atoms with E-state index < -0.39 is 0 Å². The van der Waals surface area contributed by atoms with Crippen molar-refractivity contribution in [3.05, 3.63) is 63.3 Å². The molecule has 32 heavy (non-hydrogen) atoms. The van der Waals surface area contributed by atoms with Crippen LogP contribution in [0.15, 0.2) is 46.9 Å². The van der Waals surface area contributed by atoms with Crippen LogP contribution in [0.1, 0.15) is 28.8 Å². The molecule has 0 atom stereocenters. The molecule has 0 N–H and O–H groups in total. The molecule has 3 aromatic rings. The SMILES string of the molecule is C=CCn1c(SCC(=O)N(C)Cc2cccc(OC)c2)nc2sc3c(c2c1=O)CCCC3. The third kappa shape index (κ3) is 4.61. The molecule has 1 aliphatic carbocycles. The average molecular weight is 470 g/mol. The lowest BCUT2D eigenvalue weighted by molar-refractivity contribution is -0.127. The summed E-state index contributed by atoms with van der Waals surface area (Å²) in [5.41, 5.74) is 2.16. The first-order valence-corrected chi connectivity index (χ1v) is 12.5. The number of thioether (sulfide) groups is 1. The molecule has 0 bridgehead atoms. The first-order valence-electron chi connectivity index (χ1n) is 10.7. The zero-order valence-electron chi connectivity index (χ0n) is 18.4. The van der Waals surface area contributed by atoms with Crippen LogP contribution >= 0.6 is 23.1 Å². The summed E-state index contributed by atoms with van der Waals surface area (Å²) in [7, 11) is 3.41. The van der Waals surface area contributed by atoms with Gasteiger partial charge in [-0.2, -0.15) is 0 Å². The van der Waals surface area contributed by atoms with E-state index in [9.17, 15) is 9.59 Å². The van der Waals surface area contributed by atoms with Crippen molar-refractivity contribution in [1.29, 1.82) is 0 Å². The number of carbonyl (C=O) groups excluding carboxylic acids is 1. The van der Waals surface area contributed by atoms with Crippen molar-refractivity contribution in [2.24, 2.45) is 0 Å². The van der Waals surface area contributed by atoms with Crippen molar-refractivity contribution in [1.82, 2.24) is 14.5 Å². The van der Waals surface area contributed by atoms with Crippen molar-refractivity contribution < 1.29 is 9.53 Å². The van der Waals surface area contributed by atoms with E-state index in [4.69, 9.17) is 9.72 Å². The Morgan fingerprint density at radius 2 is 2.19 bits per heavy atom. The lowest BCUT2D eigenvalue weighted by Crippen LogP contribution is -2.29. The number of aromatic nitrogens is 2. The molecular weight excluding hydrogens is 442 g/mol. The second-order valence-corrected chi connectivity index (χ2v) is 9.91. The van der Waals surface area contributed by atoms with Crippen molar-refractivity contribution in [3.8, 4) is 5.75 Å². The summed E-state index contributed by atoms with van der Waals surface area (Å²) >= 11 is 2.94. The number of carbonyl (C=O) groups is 1.